The van der Waals surface area contributed by atoms with Gasteiger partial charge in [-0.25, -0.2) is 0 Å². The molecule has 1 aliphatic rings. The molecule has 0 fully saturated rings. The molecule has 0 unspecified atom stereocenters. The lowest BCUT2D eigenvalue weighted by Crippen LogP contribution is -1.93. The number of hydrogen-bond donors (Lipinski definition) is 0. The fraction of sp³-hybridized carbons (Fsp3) is 0.250. The van der Waals surface area contributed by atoms with Crippen LogP contribution in [0.25, 0.3) is 0 Å². The van der Waals surface area contributed by atoms with E-state index < -0.39 is 0 Å². The van der Waals surface area contributed by atoms with Crippen molar-refractivity contribution in [2.45, 2.75) is 0 Å². The fourth-order valence-electron chi connectivity index (χ4n) is 0.998. The van der Waals surface area contributed by atoms with Crippen molar-refractivity contribution in [3.8, 4) is 17.2 Å². The minimum Gasteiger partial charge on any atom is -0.493 e. The molecule has 2 rings (SSSR count). The number of rotatable bonds is 1. The highest BCUT2D eigenvalue weighted by Crippen LogP contribution is 2.39. The van der Waals surface area contributed by atoms with E-state index in [2.05, 4.69) is 6.07 Å². The molecule has 11 heavy (non-hydrogen) atoms. The van der Waals surface area contributed by atoms with Gasteiger partial charge in [-0.2, -0.15) is 0 Å². The molecular weight excluding hydrogens is 144 g/mol. The summed E-state index contributed by atoms with van der Waals surface area (Å²) in [5, 5.41) is 0. The van der Waals surface area contributed by atoms with Gasteiger partial charge in [-0.1, -0.05) is 0 Å². The lowest BCUT2D eigenvalue weighted by Gasteiger charge is -2.01. The SMILES string of the molecule is COc1cc[c]c2c1OCO2. The molecule has 1 aromatic rings. The first kappa shape index (κ1) is 6.34. The lowest BCUT2D eigenvalue weighted by molar-refractivity contribution is 0.171. The first-order valence-electron chi connectivity index (χ1n) is 3.26. The quantitative estimate of drug-likeness (QED) is 0.604. The highest BCUT2D eigenvalue weighted by Gasteiger charge is 2.17. The fourth-order valence-corrected chi connectivity index (χ4v) is 0.998. The van der Waals surface area contributed by atoms with Crippen molar-refractivity contribution in [2.75, 3.05) is 13.9 Å². The second-order valence-electron chi connectivity index (χ2n) is 2.11. The molecule has 1 heterocycles. The Kier molecular flexibility index (Phi) is 1.35. The second-order valence-corrected chi connectivity index (χ2v) is 2.11. The molecule has 0 atom stereocenters. The summed E-state index contributed by atoms with van der Waals surface area (Å²) in [4.78, 5) is 0. The highest BCUT2D eigenvalue weighted by molar-refractivity contribution is 5.51. The van der Waals surface area contributed by atoms with E-state index in [0.717, 1.165) is 0 Å². The normalized spacial score (nSPS) is 13.2. The molecule has 0 bridgehead atoms. The average molecular weight is 151 g/mol. The molecule has 3 nitrogen and oxygen atoms in total. The summed E-state index contributed by atoms with van der Waals surface area (Å²) in [7, 11) is 1.59. The van der Waals surface area contributed by atoms with Crippen molar-refractivity contribution < 1.29 is 14.2 Å². The Morgan fingerprint density at radius 1 is 1.55 bits per heavy atom. The Morgan fingerprint density at radius 2 is 2.45 bits per heavy atom. The zero-order valence-electron chi connectivity index (χ0n) is 6.09. The third-order valence-electron chi connectivity index (χ3n) is 1.51. The van der Waals surface area contributed by atoms with Crippen LogP contribution in [0.5, 0.6) is 17.2 Å². The summed E-state index contributed by atoms with van der Waals surface area (Å²) in [6.45, 7) is 0.256. The van der Waals surface area contributed by atoms with Crippen LogP contribution in [0.2, 0.25) is 0 Å². The van der Waals surface area contributed by atoms with Gasteiger partial charge in [0.1, 0.15) is 0 Å². The average Bonchev–Trinajstić information content (AvgIpc) is 2.50. The standard InChI is InChI=1S/C8H7O3/c1-9-6-3-2-4-7-8(6)11-5-10-7/h2-3H,5H2,1H3. The van der Waals surface area contributed by atoms with Crippen LogP contribution in [0.3, 0.4) is 0 Å². The smallest absolute Gasteiger partial charge is 0.231 e. The van der Waals surface area contributed by atoms with Gasteiger partial charge < -0.3 is 14.2 Å². The zero-order valence-corrected chi connectivity index (χ0v) is 6.09. The number of methoxy groups -OCH3 is 1. The van der Waals surface area contributed by atoms with Crippen LogP contribution in [-0.2, 0) is 0 Å². The van der Waals surface area contributed by atoms with Crippen LogP contribution in [-0.4, -0.2) is 13.9 Å². The van der Waals surface area contributed by atoms with Crippen molar-refractivity contribution in [3.05, 3.63) is 18.2 Å². The maximum atomic E-state index is 5.14. The van der Waals surface area contributed by atoms with Gasteiger partial charge in [-0.05, 0) is 12.1 Å². The lowest BCUT2D eigenvalue weighted by atomic mass is 10.3. The van der Waals surface area contributed by atoms with E-state index in [1.807, 2.05) is 0 Å². The number of fused-ring (bicyclic) bond motifs is 1. The van der Waals surface area contributed by atoms with Gasteiger partial charge in [-0.15, -0.1) is 0 Å². The molecule has 3 heteroatoms. The molecule has 0 amide bonds. The van der Waals surface area contributed by atoms with Gasteiger partial charge in [0.05, 0.1) is 7.11 Å². The summed E-state index contributed by atoms with van der Waals surface area (Å²) in [6, 6.07) is 6.42. The van der Waals surface area contributed by atoms with Crippen molar-refractivity contribution >= 4 is 0 Å². The Balaban J connectivity index is 2.50. The van der Waals surface area contributed by atoms with Gasteiger partial charge >= 0.3 is 0 Å². The van der Waals surface area contributed by atoms with E-state index >= 15 is 0 Å². The number of hydrogen-bond acceptors (Lipinski definition) is 3. The van der Waals surface area contributed by atoms with Gasteiger partial charge in [0, 0.05) is 6.07 Å². The maximum absolute atomic E-state index is 5.14. The molecule has 0 saturated heterocycles. The molecule has 1 aromatic carbocycles. The minimum atomic E-state index is 0.256. The van der Waals surface area contributed by atoms with Gasteiger partial charge in [0.25, 0.3) is 0 Å². The Hall–Kier alpha value is -1.38. The van der Waals surface area contributed by atoms with Gasteiger partial charge in [0.2, 0.25) is 12.5 Å². The van der Waals surface area contributed by atoms with Crippen LogP contribution in [0.4, 0.5) is 0 Å². The van der Waals surface area contributed by atoms with E-state index in [4.69, 9.17) is 14.2 Å². The zero-order chi connectivity index (χ0) is 7.68. The molecule has 1 radical (unpaired) electrons. The molecule has 0 aromatic heterocycles. The van der Waals surface area contributed by atoms with Crippen LogP contribution in [0, 0.1) is 6.07 Å². The number of ether oxygens (including phenoxy) is 3. The molecule has 0 spiro atoms. The molecular formula is C8H7O3. The maximum Gasteiger partial charge on any atom is 0.231 e. The highest BCUT2D eigenvalue weighted by atomic mass is 16.7. The topological polar surface area (TPSA) is 27.7 Å². The predicted molar refractivity (Wildman–Crippen MR) is 38.0 cm³/mol. The summed E-state index contributed by atoms with van der Waals surface area (Å²) in [6.07, 6.45) is 0. The monoisotopic (exact) mass is 151 g/mol. The van der Waals surface area contributed by atoms with Crippen molar-refractivity contribution in [2.24, 2.45) is 0 Å². The van der Waals surface area contributed by atoms with Gasteiger partial charge in [0.15, 0.2) is 11.5 Å². The number of benzene rings is 1. The molecule has 0 N–H and O–H groups in total. The van der Waals surface area contributed by atoms with E-state index in [1.165, 1.54) is 0 Å². The van der Waals surface area contributed by atoms with Crippen molar-refractivity contribution in [1.82, 2.24) is 0 Å². The molecule has 0 aliphatic carbocycles. The third kappa shape index (κ3) is 0.888. The summed E-state index contributed by atoms with van der Waals surface area (Å²) in [5.74, 6) is 1.97. The molecule has 0 saturated carbocycles. The van der Waals surface area contributed by atoms with Crippen LogP contribution < -0.4 is 14.2 Å². The van der Waals surface area contributed by atoms with E-state index in [0.29, 0.717) is 17.2 Å². The third-order valence-corrected chi connectivity index (χ3v) is 1.51. The summed E-state index contributed by atoms with van der Waals surface area (Å²) in [5.41, 5.74) is 0. The second kappa shape index (κ2) is 2.34. The first-order chi connectivity index (χ1) is 5.42. The largest absolute Gasteiger partial charge is 0.493 e. The van der Waals surface area contributed by atoms with Crippen LogP contribution in [0.1, 0.15) is 0 Å². The van der Waals surface area contributed by atoms with Crippen LogP contribution in [0.15, 0.2) is 12.1 Å². The summed E-state index contributed by atoms with van der Waals surface area (Å²) < 4.78 is 15.3. The Bertz CT molecular complexity index is 270. The van der Waals surface area contributed by atoms with Crippen molar-refractivity contribution in [3.63, 3.8) is 0 Å². The van der Waals surface area contributed by atoms with E-state index in [9.17, 15) is 0 Å². The first-order valence-corrected chi connectivity index (χ1v) is 3.26. The molecule has 1 aliphatic heterocycles. The van der Waals surface area contributed by atoms with E-state index in [-0.39, 0.29) is 6.79 Å². The van der Waals surface area contributed by atoms with E-state index in [1.54, 1.807) is 19.2 Å². The predicted octanol–water partition coefficient (Wildman–Crippen LogP) is 1.22. The van der Waals surface area contributed by atoms with Crippen molar-refractivity contribution in [1.29, 1.82) is 0 Å². The molecule has 57 valence electrons. The van der Waals surface area contributed by atoms with Crippen LogP contribution >= 0.6 is 0 Å². The van der Waals surface area contributed by atoms with Gasteiger partial charge in [-0.3, -0.25) is 0 Å². The Labute approximate surface area is 64.5 Å². The minimum absolute atomic E-state index is 0.256. The Morgan fingerprint density at radius 3 is 3.27 bits per heavy atom. The summed E-state index contributed by atoms with van der Waals surface area (Å²) >= 11 is 0.